The number of aromatic nitrogens is 1. The summed E-state index contributed by atoms with van der Waals surface area (Å²) in [6.07, 6.45) is 3.98. The molecule has 0 bridgehead atoms. The van der Waals surface area contributed by atoms with Crippen LogP contribution in [-0.2, 0) is 11.3 Å². The van der Waals surface area contributed by atoms with E-state index in [0.29, 0.717) is 17.1 Å². The molecule has 1 aliphatic heterocycles. The highest BCUT2D eigenvalue weighted by molar-refractivity contribution is 6.30. The van der Waals surface area contributed by atoms with Gasteiger partial charge in [-0.3, -0.25) is 14.5 Å². The Bertz CT molecular complexity index is 1070. The number of nitrogens with two attached hydrogens (primary N) is 1. The average Bonchev–Trinajstić information content (AvgIpc) is 3.37. The van der Waals surface area contributed by atoms with Gasteiger partial charge in [-0.2, -0.15) is 0 Å². The summed E-state index contributed by atoms with van der Waals surface area (Å²) in [6, 6.07) is 15.4. The van der Waals surface area contributed by atoms with Gasteiger partial charge in [0, 0.05) is 28.7 Å². The summed E-state index contributed by atoms with van der Waals surface area (Å²) in [5.74, 6) is -0.613. The van der Waals surface area contributed by atoms with Crippen LogP contribution in [-0.4, -0.2) is 40.9 Å². The standard InChI is InChI=1S/C23H25ClN4O2/c24-17-7-5-6-16(12-17)21(27-10-3-4-11-27)13-26-22(29)15-28-14-19(23(25)30)18-8-1-2-9-20(18)28/h1-2,5-9,12,14,21H,3-4,10-11,13,15H2,(H2,25,30)(H,26,29). The third-order valence-electron chi connectivity index (χ3n) is 5.68. The molecule has 7 heteroatoms. The molecular formula is C23H25ClN4O2. The zero-order chi connectivity index (χ0) is 21.1. The van der Waals surface area contributed by atoms with Crippen molar-refractivity contribution in [2.24, 2.45) is 5.73 Å². The SMILES string of the molecule is NC(=O)c1cn(CC(=O)NCC(c2cccc(Cl)c2)N2CCCC2)c2ccccc12. The van der Waals surface area contributed by atoms with Crippen molar-refractivity contribution in [3.8, 4) is 0 Å². The molecule has 1 aliphatic rings. The first kappa shape index (κ1) is 20.4. The Balaban J connectivity index is 1.49. The highest BCUT2D eigenvalue weighted by atomic mass is 35.5. The molecule has 0 aliphatic carbocycles. The third kappa shape index (κ3) is 4.35. The predicted molar refractivity (Wildman–Crippen MR) is 118 cm³/mol. The van der Waals surface area contributed by atoms with Gasteiger partial charge in [0.2, 0.25) is 5.91 Å². The van der Waals surface area contributed by atoms with Gasteiger partial charge in [-0.05, 0) is 49.7 Å². The number of rotatable bonds is 7. The maximum Gasteiger partial charge on any atom is 0.250 e. The maximum absolute atomic E-state index is 12.8. The van der Waals surface area contributed by atoms with Crippen molar-refractivity contribution in [3.05, 3.63) is 70.9 Å². The molecule has 30 heavy (non-hydrogen) atoms. The molecule has 0 spiro atoms. The summed E-state index contributed by atoms with van der Waals surface area (Å²) in [6.45, 7) is 2.64. The number of fused-ring (bicyclic) bond motifs is 1. The number of halogens is 1. The number of para-hydroxylation sites is 1. The first-order valence-electron chi connectivity index (χ1n) is 10.2. The molecule has 1 unspecified atom stereocenters. The number of nitrogens with one attached hydrogen (secondary N) is 1. The first-order valence-corrected chi connectivity index (χ1v) is 10.5. The van der Waals surface area contributed by atoms with E-state index in [0.717, 1.165) is 42.4 Å². The lowest BCUT2D eigenvalue weighted by atomic mass is 10.1. The van der Waals surface area contributed by atoms with Crippen LogP contribution < -0.4 is 11.1 Å². The molecule has 3 N–H and O–H groups in total. The number of carbonyl (C=O) groups excluding carboxylic acids is 2. The Kier molecular flexibility index (Phi) is 6.06. The van der Waals surface area contributed by atoms with E-state index in [4.69, 9.17) is 17.3 Å². The van der Waals surface area contributed by atoms with Crippen molar-refractivity contribution in [3.63, 3.8) is 0 Å². The summed E-state index contributed by atoms with van der Waals surface area (Å²) in [5, 5.41) is 4.52. The molecule has 1 atom stereocenters. The molecule has 1 aromatic heterocycles. The minimum Gasteiger partial charge on any atom is -0.366 e. The second-order valence-corrected chi connectivity index (χ2v) is 8.11. The molecular weight excluding hydrogens is 400 g/mol. The molecule has 2 amide bonds. The number of carbonyl (C=O) groups is 2. The fourth-order valence-corrected chi connectivity index (χ4v) is 4.42. The van der Waals surface area contributed by atoms with Gasteiger partial charge < -0.3 is 15.6 Å². The zero-order valence-corrected chi connectivity index (χ0v) is 17.4. The fourth-order valence-electron chi connectivity index (χ4n) is 4.22. The van der Waals surface area contributed by atoms with Crippen LogP contribution in [0.1, 0.15) is 34.8 Å². The summed E-state index contributed by atoms with van der Waals surface area (Å²) in [4.78, 5) is 26.9. The molecule has 1 saturated heterocycles. The Morgan fingerprint density at radius 1 is 1.10 bits per heavy atom. The number of primary amides is 1. The molecule has 2 aromatic carbocycles. The normalized spacial score (nSPS) is 15.4. The molecule has 0 radical (unpaired) electrons. The van der Waals surface area contributed by atoms with Crippen LogP contribution in [0.25, 0.3) is 10.9 Å². The van der Waals surface area contributed by atoms with Crippen LogP contribution in [0, 0.1) is 0 Å². The van der Waals surface area contributed by atoms with E-state index < -0.39 is 5.91 Å². The smallest absolute Gasteiger partial charge is 0.250 e. The Morgan fingerprint density at radius 3 is 2.60 bits per heavy atom. The summed E-state index contributed by atoms with van der Waals surface area (Å²) < 4.78 is 1.77. The second-order valence-electron chi connectivity index (χ2n) is 7.67. The second kappa shape index (κ2) is 8.90. The molecule has 0 saturated carbocycles. The van der Waals surface area contributed by atoms with Crippen LogP contribution in [0.4, 0.5) is 0 Å². The van der Waals surface area contributed by atoms with Crippen LogP contribution >= 0.6 is 11.6 Å². The lowest BCUT2D eigenvalue weighted by Gasteiger charge is -2.28. The van der Waals surface area contributed by atoms with Crippen LogP contribution in [0.15, 0.2) is 54.7 Å². The molecule has 6 nitrogen and oxygen atoms in total. The fraction of sp³-hybridized carbons (Fsp3) is 0.304. The van der Waals surface area contributed by atoms with E-state index in [1.807, 2.05) is 42.5 Å². The number of nitrogens with zero attached hydrogens (tertiary/aromatic N) is 2. The van der Waals surface area contributed by atoms with Crippen molar-refractivity contribution < 1.29 is 9.59 Å². The molecule has 1 fully saturated rings. The Labute approximate surface area is 180 Å². The van der Waals surface area contributed by atoms with E-state index in [1.165, 1.54) is 0 Å². The largest absolute Gasteiger partial charge is 0.366 e. The van der Waals surface area contributed by atoms with Crippen molar-refractivity contribution in [1.82, 2.24) is 14.8 Å². The first-order chi connectivity index (χ1) is 14.5. The number of hydrogen-bond donors (Lipinski definition) is 2. The average molecular weight is 425 g/mol. The number of likely N-dealkylation sites (tertiary alicyclic amines) is 1. The van der Waals surface area contributed by atoms with Crippen molar-refractivity contribution in [2.75, 3.05) is 19.6 Å². The minimum absolute atomic E-state index is 0.0812. The molecule has 2 heterocycles. The summed E-state index contributed by atoms with van der Waals surface area (Å²) in [5.41, 5.74) is 7.84. The van der Waals surface area contributed by atoms with Gasteiger partial charge in [0.15, 0.2) is 0 Å². The van der Waals surface area contributed by atoms with E-state index in [9.17, 15) is 9.59 Å². The molecule has 3 aromatic rings. The van der Waals surface area contributed by atoms with E-state index >= 15 is 0 Å². The van der Waals surface area contributed by atoms with Crippen molar-refractivity contribution >= 4 is 34.3 Å². The van der Waals surface area contributed by atoms with Crippen LogP contribution in [0.3, 0.4) is 0 Å². The lowest BCUT2D eigenvalue weighted by Crippen LogP contribution is -2.38. The van der Waals surface area contributed by atoms with E-state index in [-0.39, 0.29) is 18.5 Å². The van der Waals surface area contributed by atoms with Gasteiger partial charge in [-0.1, -0.05) is 41.9 Å². The van der Waals surface area contributed by atoms with Gasteiger partial charge in [-0.25, -0.2) is 0 Å². The number of benzene rings is 2. The van der Waals surface area contributed by atoms with Crippen molar-refractivity contribution in [2.45, 2.75) is 25.4 Å². The minimum atomic E-state index is -0.500. The summed E-state index contributed by atoms with van der Waals surface area (Å²) >= 11 is 6.20. The van der Waals surface area contributed by atoms with Gasteiger partial charge in [0.05, 0.1) is 11.6 Å². The molecule has 4 rings (SSSR count). The highest BCUT2D eigenvalue weighted by Gasteiger charge is 2.24. The monoisotopic (exact) mass is 424 g/mol. The number of amides is 2. The van der Waals surface area contributed by atoms with Crippen molar-refractivity contribution in [1.29, 1.82) is 0 Å². The highest BCUT2D eigenvalue weighted by Crippen LogP contribution is 2.26. The van der Waals surface area contributed by atoms with Gasteiger partial charge in [0.1, 0.15) is 6.54 Å². The third-order valence-corrected chi connectivity index (χ3v) is 5.91. The summed E-state index contributed by atoms with van der Waals surface area (Å²) in [7, 11) is 0. The van der Waals surface area contributed by atoms with Crippen LogP contribution in [0.5, 0.6) is 0 Å². The lowest BCUT2D eigenvalue weighted by molar-refractivity contribution is -0.121. The Morgan fingerprint density at radius 2 is 1.87 bits per heavy atom. The van der Waals surface area contributed by atoms with Gasteiger partial charge in [-0.15, -0.1) is 0 Å². The quantitative estimate of drug-likeness (QED) is 0.610. The number of hydrogen-bond acceptors (Lipinski definition) is 3. The van der Waals surface area contributed by atoms with Gasteiger partial charge >= 0.3 is 0 Å². The Hall–Kier alpha value is -2.83. The van der Waals surface area contributed by atoms with E-state index in [1.54, 1.807) is 10.8 Å². The maximum atomic E-state index is 12.8. The molecule has 156 valence electrons. The van der Waals surface area contributed by atoms with Crippen LogP contribution in [0.2, 0.25) is 5.02 Å². The predicted octanol–water partition coefficient (Wildman–Crippen LogP) is 3.35. The topological polar surface area (TPSA) is 80.4 Å². The van der Waals surface area contributed by atoms with Gasteiger partial charge in [0.25, 0.3) is 5.91 Å². The zero-order valence-electron chi connectivity index (χ0n) is 16.7. The van der Waals surface area contributed by atoms with E-state index in [2.05, 4.69) is 16.3 Å².